The number of hydrogen-bond donors (Lipinski definition) is 1. The van der Waals surface area contributed by atoms with Crippen LogP contribution in [0.2, 0.25) is 5.02 Å². The number of carbonyl (C=O) groups is 4. The third-order valence-corrected chi connectivity index (χ3v) is 14.7. The number of ether oxygens (including phenoxy) is 1. The smallest absolute Gasteiger partial charge is 0.301 e. The molecular formula is C43H38ClN7O10S. The number of allylic oxidation sites excluding steroid dienone is 2. The summed E-state index contributed by atoms with van der Waals surface area (Å²) in [4.78, 5) is 86.2. The normalized spacial score (nSPS) is 24.3. The lowest BCUT2D eigenvalue weighted by molar-refractivity contribution is -0.392. The number of methoxy groups -OCH3 is 1. The first-order chi connectivity index (χ1) is 29.4. The molecule has 318 valence electrons. The van der Waals surface area contributed by atoms with Gasteiger partial charge in [-0.15, -0.1) is 11.3 Å². The number of para-hydroxylation sites is 1. The summed E-state index contributed by atoms with van der Waals surface area (Å²) >= 11 is 7.81. The first-order valence-corrected chi connectivity index (χ1v) is 20.8. The Morgan fingerprint density at radius 3 is 2.31 bits per heavy atom. The fourth-order valence-electron chi connectivity index (χ4n) is 10.4. The third-order valence-electron chi connectivity index (χ3n) is 13.2. The van der Waals surface area contributed by atoms with Gasteiger partial charge in [-0.05, 0) is 67.8 Å². The Labute approximate surface area is 362 Å². The summed E-state index contributed by atoms with van der Waals surface area (Å²) in [5, 5.41) is 42.5. The molecule has 4 heterocycles. The average Bonchev–Trinajstić information content (AvgIpc) is 3.90. The zero-order valence-electron chi connectivity index (χ0n) is 34.1. The Hall–Kier alpha value is -6.66. The van der Waals surface area contributed by atoms with Gasteiger partial charge in [0, 0.05) is 60.5 Å². The molecule has 3 fully saturated rings. The number of nitro groups is 2. The minimum absolute atomic E-state index is 0.0101. The molecule has 2 aliphatic carbocycles. The fourth-order valence-corrected chi connectivity index (χ4v) is 11.8. The van der Waals surface area contributed by atoms with Crippen LogP contribution in [0.15, 0.2) is 66.2 Å². The highest BCUT2D eigenvalue weighted by molar-refractivity contribution is 7.22. The van der Waals surface area contributed by atoms with Crippen LogP contribution in [0.4, 0.5) is 28.6 Å². The summed E-state index contributed by atoms with van der Waals surface area (Å²) in [6, 6.07) is 14.1. The van der Waals surface area contributed by atoms with Crippen LogP contribution in [0.5, 0.6) is 11.5 Å². The van der Waals surface area contributed by atoms with Crippen molar-refractivity contribution >= 4 is 85.2 Å². The lowest BCUT2D eigenvalue weighted by Gasteiger charge is -2.49. The van der Waals surface area contributed by atoms with Crippen LogP contribution in [0, 0.1) is 56.2 Å². The maximum atomic E-state index is 15.2. The second-order valence-electron chi connectivity index (χ2n) is 16.5. The van der Waals surface area contributed by atoms with Gasteiger partial charge >= 0.3 is 11.4 Å². The van der Waals surface area contributed by atoms with E-state index < -0.39 is 79.9 Å². The standard InChI is InChI=1S/C43H38ClN7O10S/c1-19-25-14-20(44)10-13-32(25)62-38(19)28-18-33(47(5)45-28)49-40(54)27-17-26-22(35(43(27,2)42(49)56)24-8-7-9-31(61-6)37(24)52)11-12-23-34(26)41(55)48(39(23)53)21-15-29(50(57)58)36(46(3)4)30(16-21)51(59)60/h7-11,13-16,18,23,26-27,34-35,52H,12,17H2,1-6H3/t23-,26+,27-,34-,35+,43+/m0/s1. The van der Waals surface area contributed by atoms with E-state index in [2.05, 4.69) is 0 Å². The van der Waals surface area contributed by atoms with Gasteiger partial charge in [-0.2, -0.15) is 5.10 Å². The van der Waals surface area contributed by atoms with Crippen molar-refractivity contribution in [3.05, 3.63) is 103 Å². The number of nitro benzene ring substituents is 2. The number of benzene rings is 3. The van der Waals surface area contributed by atoms with E-state index in [9.17, 15) is 34.9 Å². The van der Waals surface area contributed by atoms with Crippen LogP contribution >= 0.6 is 22.9 Å². The molecule has 1 N–H and O–H groups in total. The van der Waals surface area contributed by atoms with Crippen LogP contribution in [0.1, 0.15) is 36.8 Å². The lowest BCUT2D eigenvalue weighted by Crippen LogP contribution is -2.49. The number of thiophene rings is 1. The molecule has 0 unspecified atom stereocenters. The first kappa shape index (κ1) is 40.7. The number of imide groups is 2. The maximum Gasteiger partial charge on any atom is 0.301 e. The molecule has 9 rings (SSSR count). The van der Waals surface area contributed by atoms with Gasteiger partial charge in [-0.1, -0.05) is 35.4 Å². The van der Waals surface area contributed by atoms with Gasteiger partial charge in [0.05, 0.1) is 50.7 Å². The number of phenolic OH excluding ortho intramolecular Hbond substituents is 1. The Morgan fingerprint density at radius 1 is 0.968 bits per heavy atom. The molecule has 4 aliphatic rings. The molecule has 0 spiro atoms. The molecule has 0 bridgehead atoms. The second-order valence-corrected chi connectivity index (χ2v) is 18.0. The van der Waals surface area contributed by atoms with Gasteiger partial charge in [0.2, 0.25) is 23.6 Å². The van der Waals surface area contributed by atoms with Gasteiger partial charge in [-0.25, -0.2) is 9.80 Å². The summed E-state index contributed by atoms with van der Waals surface area (Å²) in [6.07, 6.45) is 1.75. The number of amides is 4. The predicted molar refractivity (Wildman–Crippen MR) is 230 cm³/mol. The van der Waals surface area contributed by atoms with Crippen molar-refractivity contribution in [1.82, 2.24) is 9.78 Å². The number of phenols is 1. The summed E-state index contributed by atoms with van der Waals surface area (Å²) < 4.78 is 7.93. The molecule has 0 radical (unpaired) electrons. The average molecular weight is 880 g/mol. The van der Waals surface area contributed by atoms with Crippen molar-refractivity contribution in [2.75, 3.05) is 35.9 Å². The van der Waals surface area contributed by atoms with E-state index in [-0.39, 0.29) is 47.1 Å². The summed E-state index contributed by atoms with van der Waals surface area (Å²) in [6.45, 7) is 3.63. The molecule has 3 aromatic carbocycles. The molecule has 62 heavy (non-hydrogen) atoms. The molecule has 2 saturated heterocycles. The first-order valence-electron chi connectivity index (χ1n) is 19.6. The highest BCUT2D eigenvalue weighted by Crippen LogP contribution is 2.65. The van der Waals surface area contributed by atoms with Crippen molar-refractivity contribution in [1.29, 1.82) is 0 Å². The van der Waals surface area contributed by atoms with Crippen LogP contribution in [0.25, 0.3) is 20.7 Å². The van der Waals surface area contributed by atoms with Crippen LogP contribution < -0.4 is 19.4 Å². The van der Waals surface area contributed by atoms with E-state index in [1.165, 1.54) is 42.1 Å². The molecule has 6 atom stereocenters. The number of aromatic hydroxyl groups is 1. The van der Waals surface area contributed by atoms with Crippen LogP contribution in [-0.4, -0.2) is 69.6 Å². The predicted octanol–water partition coefficient (Wildman–Crippen LogP) is 7.30. The number of aryl methyl sites for hydroxylation is 2. The molecule has 5 aromatic rings. The Bertz CT molecular complexity index is 2870. The fraction of sp³-hybridized carbons (Fsp3) is 0.326. The highest BCUT2D eigenvalue weighted by atomic mass is 35.5. The number of rotatable bonds is 8. The van der Waals surface area contributed by atoms with E-state index in [1.807, 2.05) is 19.1 Å². The van der Waals surface area contributed by atoms with Crippen molar-refractivity contribution < 1.29 is 38.9 Å². The van der Waals surface area contributed by atoms with E-state index in [1.54, 1.807) is 50.4 Å². The van der Waals surface area contributed by atoms with Gasteiger partial charge in [0.1, 0.15) is 11.5 Å². The lowest BCUT2D eigenvalue weighted by atomic mass is 9.51. The monoisotopic (exact) mass is 879 g/mol. The van der Waals surface area contributed by atoms with E-state index in [0.717, 1.165) is 42.5 Å². The summed E-state index contributed by atoms with van der Waals surface area (Å²) in [5.41, 5.74) is -1.21. The van der Waals surface area contributed by atoms with E-state index in [0.29, 0.717) is 16.3 Å². The number of anilines is 3. The van der Waals surface area contributed by atoms with Crippen molar-refractivity contribution in [3.63, 3.8) is 0 Å². The number of aromatic nitrogens is 2. The molecule has 19 heteroatoms. The quantitative estimate of drug-likeness (QED) is 0.0704. The summed E-state index contributed by atoms with van der Waals surface area (Å²) in [5.74, 6) is -7.50. The SMILES string of the molecule is COc1cccc([C@H]2C3=CC[C@@H]4C(=O)N(c5cc([N+](=O)[O-])c(N(C)C)c([N+](=O)[O-])c5)C(=O)[C@@H]4[C@@H]3C[C@H]3C(=O)N(c4cc(-c5sc6ccc(Cl)cc6c5C)nn4C)C(=O)[C@@]23C)c1O. The minimum Gasteiger partial charge on any atom is -0.504 e. The Kier molecular flexibility index (Phi) is 9.33. The Balaban J connectivity index is 1.16. The van der Waals surface area contributed by atoms with E-state index in [4.69, 9.17) is 21.4 Å². The summed E-state index contributed by atoms with van der Waals surface area (Å²) in [7, 11) is 5.83. The molecular weight excluding hydrogens is 842 g/mol. The number of carbonyl (C=O) groups excluding carboxylic acids is 4. The topological polar surface area (TPSA) is 212 Å². The zero-order chi connectivity index (χ0) is 44.4. The van der Waals surface area contributed by atoms with Gasteiger partial charge in [-0.3, -0.25) is 44.1 Å². The highest BCUT2D eigenvalue weighted by Gasteiger charge is 2.68. The largest absolute Gasteiger partial charge is 0.504 e. The van der Waals surface area contributed by atoms with Gasteiger partial charge in [0.25, 0.3) is 0 Å². The Morgan fingerprint density at radius 2 is 1.66 bits per heavy atom. The number of hydrogen-bond acceptors (Lipinski definition) is 13. The van der Waals surface area contributed by atoms with Crippen LogP contribution in [0.3, 0.4) is 0 Å². The minimum atomic E-state index is -1.53. The van der Waals surface area contributed by atoms with Gasteiger partial charge in [0.15, 0.2) is 17.2 Å². The molecule has 4 amide bonds. The molecule has 17 nitrogen and oxygen atoms in total. The number of fused-ring (bicyclic) bond motifs is 5. The van der Waals surface area contributed by atoms with Crippen LogP contribution in [-0.2, 0) is 26.2 Å². The van der Waals surface area contributed by atoms with E-state index >= 15 is 9.59 Å². The molecule has 2 aromatic heterocycles. The van der Waals surface area contributed by atoms with Gasteiger partial charge < -0.3 is 14.7 Å². The number of halogens is 1. The maximum absolute atomic E-state index is 15.2. The van der Waals surface area contributed by atoms with Crippen molar-refractivity contribution in [2.24, 2.45) is 36.1 Å². The second kappa shape index (κ2) is 14.2. The van der Waals surface area contributed by atoms with Crippen molar-refractivity contribution in [2.45, 2.75) is 32.6 Å². The zero-order valence-corrected chi connectivity index (χ0v) is 35.7. The molecule has 1 saturated carbocycles. The third kappa shape index (κ3) is 5.61. The number of nitrogens with zero attached hydrogens (tertiary/aromatic N) is 7. The molecule has 2 aliphatic heterocycles. The van der Waals surface area contributed by atoms with Crippen molar-refractivity contribution in [3.8, 4) is 22.1 Å².